The number of nitrogens with one attached hydrogen (secondary N) is 1. The second kappa shape index (κ2) is 9.72. The molecule has 0 unspecified atom stereocenters. The zero-order valence-corrected chi connectivity index (χ0v) is 22.7. The summed E-state index contributed by atoms with van der Waals surface area (Å²) >= 11 is 0. The maximum Gasteiger partial charge on any atom is 0.217 e. The first-order valence-corrected chi connectivity index (χ1v) is 13.2. The van der Waals surface area contributed by atoms with Gasteiger partial charge in [-0.3, -0.25) is 9.59 Å². The molecule has 0 bridgehead atoms. The Morgan fingerprint density at radius 1 is 1.17 bits per heavy atom. The number of fused-ring (bicyclic) bond motifs is 1. The van der Waals surface area contributed by atoms with Crippen molar-refractivity contribution in [3.8, 4) is 0 Å². The van der Waals surface area contributed by atoms with Crippen LogP contribution in [0, 0.1) is 28.1 Å². The van der Waals surface area contributed by atoms with Crippen LogP contribution in [0.1, 0.15) is 87.0 Å². The Bertz CT molecular complexity index is 990. The highest BCUT2D eigenvalue weighted by molar-refractivity contribution is 5.74. The van der Waals surface area contributed by atoms with E-state index in [9.17, 15) is 19.8 Å². The van der Waals surface area contributed by atoms with Crippen LogP contribution in [-0.2, 0) is 9.59 Å². The lowest BCUT2D eigenvalue weighted by Crippen LogP contribution is -2.60. The average Bonchev–Trinajstić information content (AvgIpc) is 2.81. The summed E-state index contributed by atoms with van der Waals surface area (Å²) in [7, 11) is 0. The molecular formula is C30H45NO4. The molecule has 0 aromatic carbocycles. The fourth-order valence-electron chi connectivity index (χ4n) is 8.20. The minimum Gasteiger partial charge on any atom is -0.515 e. The summed E-state index contributed by atoms with van der Waals surface area (Å²) < 4.78 is 0. The van der Waals surface area contributed by atoms with Gasteiger partial charge in [-0.25, -0.2) is 0 Å². The van der Waals surface area contributed by atoms with Crippen LogP contribution in [0.4, 0.5) is 0 Å². The number of carbonyl (C=O) groups is 2. The lowest BCUT2D eigenvalue weighted by molar-refractivity contribution is -0.126. The quantitative estimate of drug-likeness (QED) is 0.247. The van der Waals surface area contributed by atoms with Gasteiger partial charge in [0.05, 0.1) is 12.9 Å². The van der Waals surface area contributed by atoms with Crippen molar-refractivity contribution in [2.75, 3.05) is 6.61 Å². The van der Waals surface area contributed by atoms with E-state index in [4.69, 9.17) is 0 Å². The van der Waals surface area contributed by atoms with E-state index in [1.807, 2.05) is 13.0 Å². The van der Waals surface area contributed by atoms with Crippen LogP contribution in [0.2, 0.25) is 0 Å². The summed E-state index contributed by atoms with van der Waals surface area (Å²) in [6.07, 6.45) is 13.3. The van der Waals surface area contributed by atoms with Crippen LogP contribution < -0.4 is 5.32 Å². The maximum absolute atomic E-state index is 12.0. The number of aldehydes is 1. The van der Waals surface area contributed by atoms with Crippen LogP contribution in [0.5, 0.6) is 0 Å². The first-order valence-electron chi connectivity index (χ1n) is 13.2. The molecule has 35 heavy (non-hydrogen) atoms. The summed E-state index contributed by atoms with van der Waals surface area (Å²) in [5, 5.41) is 24.1. The van der Waals surface area contributed by atoms with E-state index in [0.717, 1.165) is 67.8 Å². The minimum absolute atomic E-state index is 0.0103. The smallest absolute Gasteiger partial charge is 0.217 e. The Balaban J connectivity index is 2.20. The third-order valence-corrected chi connectivity index (χ3v) is 10.2. The molecule has 194 valence electrons. The van der Waals surface area contributed by atoms with Crippen LogP contribution in [0.25, 0.3) is 0 Å². The topological polar surface area (TPSA) is 86.6 Å². The summed E-state index contributed by atoms with van der Waals surface area (Å²) in [5.74, 6) is 0.826. The van der Waals surface area contributed by atoms with E-state index < -0.39 is 10.8 Å². The molecule has 3 aliphatic carbocycles. The molecule has 2 fully saturated rings. The predicted octanol–water partition coefficient (Wildman–Crippen LogP) is 5.97. The van der Waals surface area contributed by atoms with E-state index in [2.05, 4.69) is 46.0 Å². The number of hydrogen-bond acceptors (Lipinski definition) is 4. The molecule has 5 heteroatoms. The van der Waals surface area contributed by atoms with Gasteiger partial charge in [-0.05, 0) is 92.4 Å². The third-order valence-electron chi connectivity index (χ3n) is 10.2. The maximum atomic E-state index is 12.0. The van der Waals surface area contributed by atoms with Gasteiger partial charge in [-0.1, -0.05) is 45.4 Å². The molecule has 3 aliphatic rings. The van der Waals surface area contributed by atoms with Gasteiger partial charge < -0.3 is 15.5 Å². The molecule has 2 saturated carbocycles. The number of amides is 1. The molecule has 0 heterocycles. The number of allylic oxidation sites excluding steroid dienone is 6. The van der Waals surface area contributed by atoms with Crippen LogP contribution in [0.15, 0.2) is 46.8 Å². The number of carbonyl (C=O) groups excluding carboxylic acids is 2. The lowest BCUT2D eigenvalue weighted by atomic mass is 9.40. The summed E-state index contributed by atoms with van der Waals surface area (Å²) in [5.41, 5.74) is 2.37. The first-order chi connectivity index (χ1) is 16.4. The number of aliphatic hydroxyl groups is 2. The van der Waals surface area contributed by atoms with Crippen LogP contribution in [0.3, 0.4) is 0 Å². The predicted molar refractivity (Wildman–Crippen MR) is 141 cm³/mol. The summed E-state index contributed by atoms with van der Waals surface area (Å²) in [4.78, 5) is 23.8. The molecule has 0 aromatic heterocycles. The Morgan fingerprint density at radius 3 is 2.40 bits per heavy atom. The largest absolute Gasteiger partial charge is 0.515 e. The Labute approximate surface area is 211 Å². The fraction of sp³-hybridized carbons (Fsp3) is 0.667. The van der Waals surface area contributed by atoms with E-state index in [0.29, 0.717) is 11.8 Å². The van der Waals surface area contributed by atoms with Crippen LogP contribution >= 0.6 is 0 Å². The van der Waals surface area contributed by atoms with Crippen molar-refractivity contribution in [2.24, 2.45) is 28.1 Å². The van der Waals surface area contributed by atoms with Crippen molar-refractivity contribution in [1.82, 2.24) is 5.32 Å². The van der Waals surface area contributed by atoms with Crippen molar-refractivity contribution >= 4 is 12.2 Å². The summed E-state index contributed by atoms with van der Waals surface area (Å²) in [6.45, 7) is 14.6. The van der Waals surface area contributed by atoms with E-state index in [-0.39, 0.29) is 23.5 Å². The monoisotopic (exact) mass is 483 g/mol. The van der Waals surface area contributed by atoms with Crippen molar-refractivity contribution < 1.29 is 19.8 Å². The molecule has 0 aromatic rings. The highest BCUT2D eigenvalue weighted by atomic mass is 16.3. The number of aliphatic hydroxyl groups excluding tert-OH is 2. The van der Waals surface area contributed by atoms with Gasteiger partial charge in [0.15, 0.2) is 0 Å². The molecule has 5 nitrogen and oxygen atoms in total. The molecule has 0 aliphatic heterocycles. The number of hydrogen-bond donors (Lipinski definition) is 3. The van der Waals surface area contributed by atoms with Crippen molar-refractivity contribution in [2.45, 2.75) is 92.5 Å². The van der Waals surface area contributed by atoms with Gasteiger partial charge in [-0.15, -0.1) is 0 Å². The highest BCUT2D eigenvalue weighted by Gasteiger charge is 2.62. The molecule has 0 spiro atoms. The molecule has 6 atom stereocenters. The van der Waals surface area contributed by atoms with Gasteiger partial charge >= 0.3 is 0 Å². The van der Waals surface area contributed by atoms with Crippen molar-refractivity contribution in [3.05, 3.63) is 46.8 Å². The minimum atomic E-state index is -0.497. The molecule has 1 amide bonds. The Kier molecular flexibility index (Phi) is 7.63. The van der Waals surface area contributed by atoms with Gasteiger partial charge in [0.2, 0.25) is 5.91 Å². The van der Waals surface area contributed by atoms with E-state index >= 15 is 0 Å². The zero-order valence-electron chi connectivity index (χ0n) is 22.7. The zero-order chi connectivity index (χ0) is 26.2. The molecule has 0 radical (unpaired) electrons. The second-order valence-corrected chi connectivity index (χ2v) is 12.1. The SMILES string of the molecule is CC[C@@]1([C@@H]2C[C@](C)(NC(C)=O)CC[C@H]2C)CC[C@]2(C)C(=CC=C(/C(C)=C/O)/C2=C\C=O)[C@@]1(C)CO. The second-order valence-electron chi connectivity index (χ2n) is 12.1. The third kappa shape index (κ3) is 4.24. The van der Waals surface area contributed by atoms with Crippen molar-refractivity contribution in [1.29, 1.82) is 0 Å². The van der Waals surface area contributed by atoms with Crippen molar-refractivity contribution in [3.63, 3.8) is 0 Å². The summed E-state index contributed by atoms with van der Waals surface area (Å²) in [6, 6.07) is 0. The van der Waals surface area contributed by atoms with Gasteiger partial charge in [0, 0.05) is 23.3 Å². The molecular weight excluding hydrogens is 438 g/mol. The number of rotatable bonds is 6. The fourth-order valence-corrected chi connectivity index (χ4v) is 8.20. The Hall–Kier alpha value is -2.14. The van der Waals surface area contributed by atoms with Gasteiger partial charge in [-0.2, -0.15) is 0 Å². The van der Waals surface area contributed by atoms with E-state index in [1.54, 1.807) is 13.0 Å². The highest BCUT2D eigenvalue weighted by Crippen LogP contribution is 2.69. The molecule has 3 rings (SSSR count). The van der Waals surface area contributed by atoms with Gasteiger partial charge in [0.1, 0.15) is 6.29 Å². The average molecular weight is 484 g/mol. The van der Waals surface area contributed by atoms with Crippen LogP contribution in [-0.4, -0.2) is 34.6 Å². The van der Waals surface area contributed by atoms with Gasteiger partial charge in [0.25, 0.3) is 0 Å². The normalized spacial score (nSPS) is 41.0. The first kappa shape index (κ1) is 27.4. The van der Waals surface area contributed by atoms with E-state index in [1.165, 1.54) is 5.57 Å². The standard InChI is InChI=1S/C30H45NO4/c1-8-30(25-17-27(5,31-22(4)35)13-11-20(25)2)15-14-28(6)24(12-16-32)23(21(3)18-33)9-10-26(28)29(30,7)19-34/h9-10,12,16,18,20,25,33-34H,8,11,13-15,17,19H2,1-7H3,(H,31,35)/b21-18+,24-12+/t20-,25-,27-,28+,29-,30+/m1/s1. The molecule has 0 saturated heterocycles. The Morgan fingerprint density at radius 2 is 1.86 bits per heavy atom. The molecule has 3 N–H and O–H groups in total. The lowest BCUT2D eigenvalue weighted by Gasteiger charge is -2.65.